The molecule has 3 nitrogen and oxygen atoms in total. The fraction of sp³-hybridized carbons (Fsp3) is 0.409. The second-order valence-electron chi connectivity index (χ2n) is 6.61. The monoisotopic (exact) mass is 357 g/mol. The van der Waals surface area contributed by atoms with Crippen molar-refractivity contribution in [3.05, 3.63) is 65.5 Å². The molecule has 4 heteroatoms. The van der Waals surface area contributed by atoms with E-state index >= 15 is 0 Å². The standard InChI is InChI=1S/C22H28FNO2/c1-5-24(6-2)22(25)15-21(17-7-11-19(23)12-8-17)18-9-13-20(14-10-18)26-16(3)4/h7-14,16,21H,5-6,15H2,1-4H3/t21-/m0/s1. The lowest BCUT2D eigenvalue weighted by atomic mass is 9.88. The average molecular weight is 357 g/mol. The molecule has 1 amide bonds. The molecule has 140 valence electrons. The van der Waals surface area contributed by atoms with E-state index in [2.05, 4.69) is 0 Å². The van der Waals surface area contributed by atoms with E-state index in [4.69, 9.17) is 4.74 Å². The summed E-state index contributed by atoms with van der Waals surface area (Å²) in [6.07, 6.45) is 0.468. The Balaban J connectivity index is 2.30. The molecule has 0 aliphatic heterocycles. The van der Waals surface area contributed by atoms with Crippen LogP contribution in [0, 0.1) is 5.82 Å². The Hall–Kier alpha value is -2.36. The zero-order valence-corrected chi connectivity index (χ0v) is 16.0. The van der Waals surface area contributed by atoms with Gasteiger partial charge in [0, 0.05) is 25.4 Å². The van der Waals surface area contributed by atoms with E-state index in [9.17, 15) is 9.18 Å². The lowest BCUT2D eigenvalue weighted by Gasteiger charge is -2.24. The van der Waals surface area contributed by atoms with Crippen LogP contribution in [0.4, 0.5) is 4.39 Å². The van der Waals surface area contributed by atoms with Crippen molar-refractivity contribution >= 4 is 5.91 Å². The number of nitrogens with zero attached hydrogens (tertiary/aromatic N) is 1. The lowest BCUT2D eigenvalue weighted by Crippen LogP contribution is -2.31. The molecule has 0 unspecified atom stereocenters. The molecule has 26 heavy (non-hydrogen) atoms. The summed E-state index contributed by atoms with van der Waals surface area (Å²) in [6.45, 7) is 9.30. The summed E-state index contributed by atoms with van der Waals surface area (Å²) in [5, 5.41) is 0. The SMILES string of the molecule is CCN(CC)C(=O)C[C@@H](c1ccc(F)cc1)c1ccc(OC(C)C)cc1. The quantitative estimate of drug-likeness (QED) is 0.665. The summed E-state index contributed by atoms with van der Waals surface area (Å²) in [5.41, 5.74) is 1.96. The van der Waals surface area contributed by atoms with Crippen LogP contribution >= 0.6 is 0 Å². The highest BCUT2D eigenvalue weighted by Gasteiger charge is 2.21. The van der Waals surface area contributed by atoms with Gasteiger partial charge >= 0.3 is 0 Å². The van der Waals surface area contributed by atoms with Crippen molar-refractivity contribution in [2.45, 2.75) is 46.1 Å². The van der Waals surface area contributed by atoms with E-state index in [1.807, 2.05) is 56.9 Å². The summed E-state index contributed by atoms with van der Waals surface area (Å²) in [5.74, 6) is 0.517. The molecule has 0 fully saturated rings. The van der Waals surface area contributed by atoms with Gasteiger partial charge in [0.2, 0.25) is 5.91 Å². The number of halogens is 1. The van der Waals surface area contributed by atoms with Crippen LogP contribution in [-0.2, 0) is 4.79 Å². The van der Waals surface area contributed by atoms with Crippen LogP contribution in [0.5, 0.6) is 5.75 Å². The molecule has 0 saturated carbocycles. The number of hydrogen-bond donors (Lipinski definition) is 0. The van der Waals surface area contributed by atoms with Crippen molar-refractivity contribution in [1.82, 2.24) is 4.90 Å². The van der Waals surface area contributed by atoms with Gasteiger partial charge in [0.1, 0.15) is 11.6 Å². The van der Waals surface area contributed by atoms with Crippen molar-refractivity contribution in [3.8, 4) is 5.75 Å². The van der Waals surface area contributed by atoms with Gasteiger partial charge in [0.15, 0.2) is 0 Å². The number of benzene rings is 2. The van der Waals surface area contributed by atoms with Crippen LogP contribution in [0.1, 0.15) is 51.2 Å². The fourth-order valence-corrected chi connectivity index (χ4v) is 3.05. The maximum Gasteiger partial charge on any atom is 0.223 e. The number of hydrogen-bond acceptors (Lipinski definition) is 2. The smallest absolute Gasteiger partial charge is 0.223 e. The number of rotatable bonds is 8. The topological polar surface area (TPSA) is 29.5 Å². The van der Waals surface area contributed by atoms with Gasteiger partial charge in [-0.05, 0) is 63.1 Å². The molecular weight excluding hydrogens is 329 g/mol. The van der Waals surface area contributed by atoms with Crippen molar-refractivity contribution < 1.29 is 13.9 Å². The minimum absolute atomic E-state index is 0.104. The molecule has 0 N–H and O–H groups in total. The molecule has 1 atom stereocenters. The number of amides is 1. The van der Waals surface area contributed by atoms with Gasteiger partial charge in [0.25, 0.3) is 0 Å². The first-order chi connectivity index (χ1) is 12.4. The highest BCUT2D eigenvalue weighted by Crippen LogP contribution is 2.30. The third-order valence-corrected chi connectivity index (χ3v) is 4.42. The van der Waals surface area contributed by atoms with Crippen molar-refractivity contribution in [2.75, 3.05) is 13.1 Å². The molecule has 2 aromatic rings. The minimum atomic E-state index is -0.275. The molecule has 0 aliphatic carbocycles. The zero-order chi connectivity index (χ0) is 19.1. The molecular formula is C22H28FNO2. The van der Waals surface area contributed by atoms with Crippen LogP contribution in [0.3, 0.4) is 0 Å². The van der Waals surface area contributed by atoms with Crippen LogP contribution in [0.25, 0.3) is 0 Å². The van der Waals surface area contributed by atoms with Crippen LogP contribution in [0.15, 0.2) is 48.5 Å². The van der Waals surface area contributed by atoms with Crippen molar-refractivity contribution in [3.63, 3.8) is 0 Å². The Morgan fingerprint density at radius 3 is 1.92 bits per heavy atom. The first-order valence-corrected chi connectivity index (χ1v) is 9.24. The molecule has 2 rings (SSSR count). The molecule has 0 saturated heterocycles. The van der Waals surface area contributed by atoms with E-state index < -0.39 is 0 Å². The average Bonchev–Trinajstić information content (AvgIpc) is 2.62. The predicted molar refractivity (Wildman–Crippen MR) is 103 cm³/mol. The zero-order valence-electron chi connectivity index (χ0n) is 16.0. The normalized spacial score (nSPS) is 12.1. The molecule has 0 aromatic heterocycles. The first kappa shape index (κ1) is 20.0. The second kappa shape index (κ2) is 9.37. The molecule has 0 spiro atoms. The third-order valence-electron chi connectivity index (χ3n) is 4.42. The molecule has 0 radical (unpaired) electrons. The van der Waals surface area contributed by atoms with E-state index in [1.165, 1.54) is 12.1 Å². The van der Waals surface area contributed by atoms with E-state index in [0.29, 0.717) is 19.5 Å². The van der Waals surface area contributed by atoms with E-state index in [1.54, 1.807) is 12.1 Å². The highest BCUT2D eigenvalue weighted by atomic mass is 19.1. The van der Waals surface area contributed by atoms with E-state index in [-0.39, 0.29) is 23.7 Å². The summed E-state index contributed by atoms with van der Waals surface area (Å²) >= 11 is 0. The lowest BCUT2D eigenvalue weighted by molar-refractivity contribution is -0.131. The van der Waals surface area contributed by atoms with Gasteiger partial charge in [-0.15, -0.1) is 0 Å². The first-order valence-electron chi connectivity index (χ1n) is 9.24. The second-order valence-corrected chi connectivity index (χ2v) is 6.61. The Morgan fingerprint density at radius 2 is 1.46 bits per heavy atom. The van der Waals surface area contributed by atoms with E-state index in [0.717, 1.165) is 16.9 Å². The number of ether oxygens (including phenoxy) is 1. The summed E-state index contributed by atoms with van der Waals surface area (Å²) in [4.78, 5) is 14.5. The molecule has 0 aliphatic rings. The summed E-state index contributed by atoms with van der Waals surface area (Å²) in [6, 6.07) is 14.2. The van der Waals surface area contributed by atoms with Crippen molar-refractivity contribution in [2.24, 2.45) is 0 Å². The third kappa shape index (κ3) is 5.32. The Bertz CT molecular complexity index is 691. The van der Waals surface area contributed by atoms with Gasteiger partial charge in [-0.25, -0.2) is 4.39 Å². The molecule has 0 heterocycles. The highest BCUT2D eigenvalue weighted by molar-refractivity contribution is 5.77. The van der Waals surface area contributed by atoms with Gasteiger partial charge in [-0.2, -0.15) is 0 Å². The van der Waals surface area contributed by atoms with Gasteiger partial charge in [0.05, 0.1) is 6.10 Å². The van der Waals surface area contributed by atoms with Gasteiger partial charge in [-0.1, -0.05) is 24.3 Å². The minimum Gasteiger partial charge on any atom is -0.491 e. The van der Waals surface area contributed by atoms with Crippen LogP contribution in [-0.4, -0.2) is 30.0 Å². The van der Waals surface area contributed by atoms with Crippen LogP contribution < -0.4 is 4.74 Å². The summed E-state index contributed by atoms with van der Waals surface area (Å²) < 4.78 is 19.0. The predicted octanol–water partition coefficient (Wildman–Crippen LogP) is 5.00. The Morgan fingerprint density at radius 1 is 0.962 bits per heavy atom. The molecule has 2 aromatic carbocycles. The van der Waals surface area contributed by atoms with Gasteiger partial charge < -0.3 is 9.64 Å². The maximum absolute atomic E-state index is 13.3. The maximum atomic E-state index is 13.3. The Labute approximate surface area is 155 Å². The van der Waals surface area contributed by atoms with Gasteiger partial charge in [-0.3, -0.25) is 4.79 Å². The number of carbonyl (C=O) groups excluding carboxylic acids is 1. The Kier molecular flexibility index (Phi) is 7.19. The fourth-order valence-electron chi connectivity index (χ4n) is 3.05. The summed E-state index contributed by atoms with van der Waals surface area (Å²) in [7, 11) is 0. The van der Waals surface area contributed by atoms with Crippen molar-refractivity contribution in [1.29, 1.82) is 0 Å². The largest absolute Gasteiger partial charge is 0.491 e. The number of carbonyl (C=O) groups is 1. The van der Waals surface area contributed by atoms with Crippen LogP contribution in [0.2, 0.25) is 0 Å². The molecule has 0 bridgehead atoms.